The first kappa shape index (κ1) is 23.3. The van der Waals surface area contributed by atoms with Crippen molar-refractivity contribution >= 4 is 28.3 Å². The van der Waals surface area contributed by atoms with E-state index in [0.717, 1.165) is 23.4 Å². The van der Waals surface area contributed by atoms with Gasteiger partial charge in [-0.2, -0.15) is 18.4 Å². The number of anilines is 1. The van der Waals surface area contributed by atoms with Crippen molar-refractivity contribution in [2.75, 3.05) is 11.9 Å². The highest BCUT2D eigenvalue weighted by atomic mass is 32.1. The van der Waals surface area contributed by atoms with E-state index in [2.05, 4.69) is 21.7 Å². The number of thiazole rings is 1. The summed E-state index contributed by atoms with van der Waals surface area (Å²) < 4.78 is 31.7. The molecule has 1 aromatic heterocycles. The number of hydrogen-bond acceptors (Lipinski definition) is 6. The molecule has 2 aromatic rings. The van der Waals surface area contributed by atoms with Gasteiger partial charge < -0.3 is 15.7 Å². The maximum absolute atomic E-state index is 12.3. The molecule has 3 N–H and O–H groups in total. The molecule has 11 heteroatoms. The molecule has 3 rings (SSSR count). The van der Waals surface area contributed by atoms with Crippen LogP contribution in [0.2, 0.25) is 0 Å². The van der Waals surface area contributed by atoms with Crippen molar-refractivity contribution in [1.29, 1.82) is 5.26 Å². The first-order valence-electron chi connectivity index (χ1n) is 8.89. The van der Waals surface area contributed by atoms with Crippen LogP contribution in [0.3, 0.4) is 0 Å². The van der Waals surface area contributed by atoms with Gasteiger partial charge in [-0.1, -0.05) is 18.2 Å². The summed E-state index contributed by atoms with van der Waals surface area (Å²) in [5, 5.41) is 23.1. The molecular weight excluding hydrogens is 421 g/mol. The summed E-state index contributed by atoms with van der Waals surface area (Å²) in [5.41, 5.74) is 1.66. The normalized spacial score (nSPS) is 18.1. The van der Waals surface area contributed by atoms with Gasteiger partial charge in [-0.05, 0) is 31.5 Å². The van der Waals surface area contributed by atoms with Crippen LogP contribution in [-0.4, -0.2) is 40.7 Å². The fourth-order valence-electron chi connectivity index (χ4n) is 2.83. The van der Waals surface area contributed by atoms with E-state index in [-0.39, 0.29) is 17.9 Å². The Labute approximate surface area is 174 Å². The number of carbonyl (C=O) groups excluding carboxylic acids is 1. The number of nitriles is 1. The van der Waals surface area contributed by atoms with Crippen LogP contribution in [0.4, 0.5) is 18.3 Å². The molecule has 1 aliphatic heterocycles. The summed E-state index contributed by atoms with van der Waals surface area (Å²) in [4.78, 5) is 26.5. The lowest BCUT2D eigenvalue weighted by Gasteiger charge is -2.13. The average molecular weight is 440 g/mol. The molecule has 1 aromatic carbocycles. The van der Waals surface area contributed by atoms with Crippen molar-refractivity contribution in [3.8, 4) is 6.07 Å². The van der Waals surface area contributed by atoms with Crippen molar-refractivity contribution in [1.82, 2.24) is 10.3 Å². The Morgan fingerprint density at radius 3 is 2.63 bits per heavy atom. The van der Waals surface area contributed by atoms with Gasteiger partial charge in [0.1, 0.15) is 0 Å². The van der Waals surface area contributed by atoms with E-state index in [1.807, 2.05) is 31.2 Å². The summed E-state index contributed by atoms with van der Waals surface area (Å²) in [7, 11) is 0. The molecule has 2 atom stereocenters. The van der Waals surface area contributed by atoms with Crippen molar-refractivity contribution in [2.24, 2.45) is 5.92 Å². The molecule has 0 saturated carbocycles. The van der Waals surface area contributed by atoms with Crippen LogP contribution in [0.25, 0.3) is 0 Å². The lowest BCUT2D eigenvalue weighted by atomic mass is 10.0. The van der Waals surface area contributed by atoms with Crippen LogP contribution in [0.1, 0.15) is 29.3 Å². The minimum Gasteiger partial charge on any atom is -0.475 e. The van der Waals surface area contributed by atoms with E-state index in [1.165, 1.54) is 11.3 Å². The number of aromatic nitrogens is 1. The molecule has 0 radical (unpaired) electrons. The number of benzene rings is 1. The molecule has 2 unspecified atom stereocenters. The number of alkyl halides is 3. The molecule has 1 saturated heterocycles. The van der Waals surface area contributed by atoms with Gasteiger partial charge >= 0.3 is 12.1 Å². The number of amides is 1. The molecule has 7 nitrogen and oxygen atoms in total. The van der Waals surface area contributed by atoms with Gasteiger partial charge in [0.05, 0.1) is 17.6 Å². The lowest BCUT2D eigenvalue weighted by molar-refractivity contribution is -0.192. The minimum absolute atomic E-state index is 0.00154. The van der Waals surface area contributed by atoms with E-state index >= 15 is 0 Å². The highest BCUT2D eigenvalue weighted by Gasteiger charge is 2.38. The second-order valence-electron chi connectivity index (χ2n) is 6.51. The topological polar surface area (TPSA) is 115 Å². The van der Waals surface area contributed by atoms with Gasteiger partial charge in [0.15, 0.2) is 5.13 Å². The Balaban J connectivity index is 0.000000396. The Hall–Kier alpha value is -2.97. The SMILES string of the molecule is CC1NCCC1C(=O)Nc1ncc(Cc2ccccc2C#N)s1.O=C(O)C(F)(F)F. The molecule has 30 heavy (non-hydrogen) atoms. The third kappa shape index (κ3) is 6.53. The molecule has 2 heterocycles. The van der Waals surface area contributed by atoms with E-state index in [4.69, 9.17) is 15.2 Å². The van der Waals surface area contributed by atoms with Crippen LogP contribution in [0, 0.1) is 17.2 Å². The van der Waals surface area contributed by atoms with Gasteiger partial charge in [0.2, 0.25) is 5.91 Å². The minimum atomic E-state index is -5.08. The van der Waals surface area contributed by atoms with Gasteiger partial charge in [-0.3, -0.25) is 4.79 Å². The molecule has 1 aliphatic rings. The first-order valence-corrected chi connectivity index (χ1v) is 9.70. The lowest BCUT2D eigenvalue weighted by Crippen LogP contribution is -2.31. The summed E-state index contributed by atoms with van der Waals surface area (Å²) >= 11 is 1.46. The number of rotatable bonds is 4. The zero-order valence-corrected chi connectivity index (χ0v) is 16.7. The Morgan fingerprint density at radius 1 is 1.40 bits per heavy atom. The Bertz CT molecular complexity index is 940. The summed E-state index contributed by atoms with van der Waals surface area (Å²) in [5.74, 6) is -2.73. The first-order chi connectivity index (χ1) is 14.1. The molecule has 1 amide bonds. The molecule has 160 valence electrons. The summed E-state index contributed by atoms with van der Waals surface area (Å²) in [6.45, 7) is 2.91. The molecule has 1 fully saturated rings. The van der Waals surface area contributed by atoms with Crippen LogP contribution in [-0.2, 0) is 16.0 Å². The number of halogens is 3. The molecule has 0 spiro atoms. The highest BCUT2D eigenvalue weighted by Crippen LogP contribution is 2.24. The van der Waals surface area contributed by atoms with Crippen molar-refractivity contribution in [2.45, 2.75) is 32.0 Å². The Morgan fingerprint density at radius 2 is 2.07 bits per heavy atom. The number of nitrogens with one attached hydrogen (secondary N) is 2. The second-order valence-corrected chi connectivity index (χ2v) is 7.62. The zero-order chi connectivity index (χ0) is 22.3. The smallest absolute Gasteiger partial charge is 0.475 e. The molecule has 0 bridgehead atoms. The van der Waals surface area contributed by atoms with Gasteiger partial charge in [0.25, 0.3) is 0 Å². The van der Waals surface area contributed by atoms with Gasteiger partial charge in [-0.15, -0.1) is 11.3 Å². The Kier molecular flexibility index (Phi) is 7.91. The maximum Gasteiger partial charge on any atom is 0.490 e. The quantitative estimate of drug-likeness (QED) is 0.673. The number of aliphatic carboxylic acids is 1. The van der Waals surface area contributed by atoms with E-state index in [1.54, 1.807) is 6.20 Å². The van der Waals surface area contributed by atoms with Crippen LogP contribution in [0.15, 0.2) is 30.5 Å². The number of nitrogens with zero attached hydrogens (tertiary/aromatic N) is 2. The van der Waals surface area contributed by atoms with Crippen LogP contribution in [0.5, 0.6) is 0 Å². The highest BCUT2D eigenvalue weighted by molar-refractivity contribution is 7.15. The molecular formula is C19H19F3N4O3S. The average Bonchev–Trinajstić information content (AvgIpc) is 3.30. The second kappa shape index (κ2) is 10.2. The number of carbonyl (C=O) groups is 2. The summed E-state index contributed by atoms with van der Waals surface area (Å²) in [6.07, 6.45) is -1.80. The zero-order valence-electron chi connectivity index (χ0n) is 15.9. The predicted molar refractivity (Wildman–Crippen MR) is 104 cm³/mol. The van der Waals surface area contributed by atoms with Crippen molar-refractivity contribution in [3.05, 3.63) is 46.5 Å². The van der Waals surface area contributed by atoms with Gasteiger partial charge in [-0.25, -0.2) is 9.78 Å². The maximum atomic E-state index is 12.3. The van der Waals surface area contributed by atoms with Gasteiger partial charge in [0, 0.05) is 23.5 Å². The van der Waals surface area contributed by atoms with E-state index in [9.17, 15) is 18.0 Å². The number of hydrogen-bond donors (Lipinski definition) is 3. The summed E-state index contributed by atoms with van der Waals surface area (Å²) in [6, 6.07) is 9.95. The standard InChI is InChI=1S/C17H18N4OS.C2HF3O2/c1-11-15(6-7-19-11)16(22)21-17-20-10-14(23-17)8-12-4-2-3-5-13(12)9-18;3-2(4,5)1(6)7/h2-5,10-11,15,19H,6-8H2,1H3,(H,20,21,22);(H,6,7). The van der Waals surface area contributed by atoms with Crippen molar-refractivity contribution < 1.29 is 27.9 Å². The number of carboxylic acid groups (broad SMARTS) is 1. The van der Waals surface area contributed by atoms with Crippen LogP contribution < -0.4 is 10.6 Å². The molecule has 0 aliphatic carbocycles. The monoisotopic (exact) mass is 440 g/mol. The predicted octanol–water partition coefficient (Wildman–Crippen LogP) is 3.18. The van der Waals surface area contributed by atoms with Crippen LogP contribution >= 0.6 is 11.3 Å². The third-order valence-corrected chi connectivity index (χ3v) is 5.30. The third-order valence-electron chi connectivity index (χ3n) is 4.39. The fraction of sp³-hybridized carbons (Fsp3) is 0.368. The number of carboxylic acids is 1. The van der Waals surface area contributed by atoms with E-state index < -0.39 is 12.1 Å². The fourth-order valence-corrected chi connectivity index (χ4v) is 3.67. The largest absolute Gasteiger partial charge is 0.490 e. The van der Waals surface area contributed by atoms with Crippen molar-refractivity contribution in [3.63, 3.8) is 0 Å². The van der Waals surface area contributed by atoms with E-state index in [0.29, 0.717) is 17.1 Å².